The van der Waals surface area contributed by atoms with Crippen LogP contribution in [0, 0.1) is 0 Å². The van der Waals surface area contributed by atoms with E-state index in [-0.39, 0.29) is 12.5 Å². The molecule has 6 heteroatoms. The number of pyridine rings is 1. The lowest BCUT2D eigenvalue weighted by atomic mass is 10.0. The van der Waals surface area contributed by atoms with Crippen LogP contribution in [0.3, 0.4) is 0 Å². The van der Waals surface area contributed by atoms with E-state index in [9.17, 15) is 13.2 Å². The van der Waals surface area contributed by atoms with Gasteiger partial charge < -0.3 is 5.32 Å². The predicted molar refractivity (Wildman–Crippen MR) is 73.0 cm³/mol. The van der Waals surface area contributed by atoms with Crippen molar-refractivity contribution in [1.82, 2.24) is 10.3 Å². The minimum absolute atomic E-state index is 0.0846. The van der Waals surface area contributed by atoms with Gasteiger partial charge in [0.2, 0.25) is 0 Å². The first-order chi connectivity index (χ1) is 8.90. The molecule has 0 aliphatic heterocycles. The summed E-state index contributed by atoms with van der Waals surface area (Å²) < 4.78 is 37.7. The molecular formula is C13H18BrF3N2. The second-order valence-electron chi connectivity index (χ2n) is 4.48. The van der Waals surface area contributed by atoms with E-state index >= 15 is 0 Å². The zero-order valence-corrected chi connectivity index (χ0v) is 12.4. The van der Waals surface area contributed by atoms with Gasteiger partial charge in [-0.25, -0.2) is 0 Å². The summed E-state index contributed by atoms with van der Waals surface area (Å²) in [4.78, 5) is 4.20. The molecule has 1 atom stereocenters. The maximum absolute atomic E-state index is 12.3. The Kier molecular flexibility index (Phi) is 6.79. The smallest absolute Gasteiger partial charge is 0.314 e. The molecule has 1 aromatic heterocycles. The van der Waals surface area contributed by atoms with E-state index in [1.165, 1.54) is 0 Å². The number of nitrogens with zero attached hydrogens (tertiary/aromatic N) is 1. The lowest BCUT2D eigenvalue weighted by molar-refractivity contribution is -0.136. The molecule has 1 heterocycles. The lowest BCUT2D eigenvalue weighted by Gasteiger charge is -2.19. The summed E-state index contributed by atoms with van der Waals surface area (Å²) in [7, 11) is 0. The molecule has 0 saturated carbocycles. The topological polar surface area (TPSA) is 24.9 Å². The molecule has 0 aromatic carbocycles. The Hall–Kier alpha value is -0.620. The number of nitrogens with one attached hydrogen (secondary N) is 1. The summed E-state index contributed by atoms with van der Waals surface area (Å²) >= 11 is 3.28. The number of alkyl halides is 3. The van der Waals surface area contributed by atoms with Crippen molar-refractivity contribution in [2.24, 2.45) is 0 Å². The zero-order valence-electron chi connectivity index (χ0n) is 10.8. The highest BCUT2D eigenvalue weighted by molar-refractivity contribution is 9.10. The molecule has 1 unspecified atom stereocenters. The van der Waals surface area contributed by atoms with Crippen LogP contribution in [-0.4, -0.2) is 23.7 Å². The van der Waals surface area contributed by atoms with Crippen molar-refractivity contribution in [3.8, 4) is 0 Å². The molecule has 0 spiro atoms. The summed E-state index contributed by atoms with van der Waals surface area (Å²) in [5.41, 5.74) is 0.805. The van der Waals surface area contributed by atoms with Crippen LogP contribution in [0.15, 0.2) is 22.8 Å². The van der Waals surface area contributed by atoms with Crippen LogP contribution in [0.4, 0.5) is 13.2 Å². The molecule has 0 radical (unpaired) electrons. The van der Waals surface area contributed by atoms with Crippen molar-refractivity contribution in [3.05, 3.63) is 28.5 Å². The van der Waals surface area contributed by atoms with E-state index in [2.05, 4.69) is 26.2 Å². The maximum atomic E-state index is 12.3. The molecule has 1 rings (SSSR count). The highest BCUT2D eigenvalue weighted by atomic mass is 79.9. The Morgan fingerprint density at radius 1 is 1.37 bits per heavy atom. The Balaban J connectivity index is 2.55. The van der Waals surface area contributed by atoms with Gasteiger partial charge in [0.1, 0.15) is 0 Å². The number of halogens is 4. The molecule has 0 aliphatic rings. The number of aromatic nitrogens is 1. The van der Waals surface area contributed by atoms with Crippen molar-refractivity contribution in [3.63, 3.8) is 0 Å². The molecule has 0 bridgehead atoms. The summed E-state index contributed by atoms with van der Waals surface area (Å²) in [6, 6.07) is 3.50. The Morgan fingerprint density at radius 3 is 2.63 bits per heavy atom. The van der Waals surface area contributed by atoms with E-state index in [1.807, 2.05) is 19.1 Å². The van der Waals surface area contributed by atoms with Gasteiger partial charge >= 0.3 is 6.18 Å². The van der Waals surface area contributed by atoms with Crippen LogP contribution in [-0.2, 0) is 6.42 Å². The minimum atomic E-state index is -4.10. The average Bonchev–Trinajstić information content (AvgIpc) is 2.34. The third-order valence-corrected chi connectivity index (χ3v) is 3.17. The fraction of sp³-hybridized carbons (Fsp3) is 0.615. The minimum Gasteiger partial charge on any atom is -0.314 e. The SMILES string of the molecule is CCCNC(CCC(F)(F)F)Cc1ccc(Br)cn1. The molecule has 108 valence electrons. The fourth-order valence-corrected chi connectivity index (χ4v) is 1.98. The molecule has 0 aliphatic carbocycles. The van der Waals surface area contributed by atoms with Crippen LogP contribution < -0.4 is 5.32 Å². The highest BCUT2D eigenvalue weighted by Crippen LogP contribution is 2.23. The van der Waals surface area contributed by atoms with Gasteiger partial charge in [-0.2, -0.15) is 13.2 Å². The quantitative estimate of drug-likeness (QED) is 0.809. The van der Waals surface area contributed by atoms with Gasteiger partial charge in [-0.05, 0) is 47.4 Å². The summed E-state index contributed by atoms with van der Waals surface area (Å²) in [5.74, 6) is 0. The van der Waals surface area contributed by atoms with Crippen molar-refractivity contribution < 1.29 is 13.2 Å². The largest absolute Gasteiger partial charge is 0.389 e. The number of hydrogen-bond donors (Lipinski definition) is 1. The monoisotopic (exact) mass is 338 g/mol. The highest BCUT2D eigenvalue weighted by Gasteiger charge is 2.28. The van der Waals surface area contributed by atoms with Crippen LogP contribution in [0.2, 0.25) is 0 Å². The van der Waals surface area contributed by atoms with Gasteiger partial charge in [-0.1, -0.05) is 6.92 Å². The Labute approximate surface area is 119 Å². The standard InChI is InChI=1S/C13H18BrF3N2/c1-2-7-18-12(5-6-13(15,16)17)8-11-4-3-10(14)9-19-11/h3-4,9,12,18H,2,5-8H2,1H3. The van der Waals surface area contributed by atoms with Gasteiger partial charge in [0, 0.05) is 35.2 Å². The molecule has 0 fully saturated rings. The number of hydrogen-bond acceptors (Lipinski definition) is 2. The van der Waals surface area contributed by atoms with Gasteiger partial charge in [0.25, 0.3) is 0 Å². The predicted octanol–water partition coefficient (Wildman–Crippen LogP) is 4.10. The summed E-state index contributed by atoms with van der Waals surface area (Å²) in [5, 5.41) is 3.15. The van der Waals surface area contributed by atoms with Gasteiger partial charge in [0.15, 0.2) is 0 Å². The van der Waals surface area contributed by atoms with E-state index in [4.69, 9.17) is 0 Å². The van der Waals surface area contributed by atoms with Gasteiger partial charge in [-0.15, -0.1) is 0 Å². The Morgan fingerprint density at radius 2 is 2.11 bits per heavy atom. The first-order valence-electron chi connectivity index (χ1n) is 6.31. The normalized spacial score (nSPS) is 13.5. The Bertz CT molecular complexity index is 365. The number of rotatable bonds is 7. The molecule has 19 heavy (non-hydrogen) atoms. The van der Waals surface area contributed by atoms with Crippen molar-refractivity contribution in [1.29, 1.82) is 0 Å². The van der Waals surface area contributed by atoms with E-state index < -0.39 is 12.6 Å². The van der Waals surface area contributed by atoms with Crippen LogP contribution in [0.5, 0.6) is 0 Å². The van der Waals surface area contributed by atoms with Crippen molar-refractivity contribution in [2.75, 3.05) is 6.54 Å². The first kappa shape index (κ1) is 16.4. The second kappa shape index (κ2) is 7.85. The third kappa shape index (κ3) is 7.52. The van der Waals surface area contributed by atoms with Gasteiger partial charge in [-0.3, -0.25) is 4.98 Å². The van der Waals surface area contributed by atoms with E-state index in [0.717, 1.165) is 23.1 Å². The molecule has 1 N–H and O–H groups in total. The molecule has 1 aromatic rings. The summed E-state index contributed by atoms with van der Waals surface area (Å²) in [6.07, 6.45) is -1.69. The zero-order chi connectivity index (χ0) is 14.3. The molecule has 0 saturated heterocycles. The van der Waals surface area contributed by atoms with Crippen LogP contribution in [0.1, 0.15) is 31.9 Å². The fourth-order valence-electron chi connectivity index (χ4n) is 1.74. The molecular weight excluding hydrogens is 321 g/mol. The van der Waals surface area contributed by atoms with Crippen molar-refractivity contribution in [2.45, 2.75) is 44.8 Å². The maximum Gasteiger partial charge on any atom is 0.389 e. The van der Waals surface area contributed by atoms with Crippen LogP contribution >= 0.6 is 15.9 Å². The van der Waals surface area contributed by atoms with E-state index in [0.29, 0.717) is 6.42 Å². The van der Waals surface area contributed by atoms with E-state index in [1.54, 1.807) is 6.20 Å². The second-order valence-corrected chi connectivity index (χ2v) is 5.39. The van der Waals surface area contributed by atoms with Gasteiger partial charge in [0.05, 0.1) is 0 Å². The summed E-state index contributed by atoms with van der Waals surface area (Å²) in [6.45, 7) is 2.71. The first-order valence-corrected chi connectivity index (χ1v) is 7.10. The third-order valence-electron chi connectivity index (χ3n) is 2.70. The lowest BCUT2D eigenvalue weighted by Crippen LogP contribution is -2.33. The molecule has 0 amide bonds. The van der Waals surface area contributed by atoms with Crippen molar-refractivity contribution >= 4 is 15.9 Å². The van der Waals surface area contributed by atoms with Crippen LogP contribution in [0.25, 0.3) is 0 Å². The average molecular weight is 339 g/mol. The molecule has 2 nitrogen and oxygen atoms in total.